The Bertz CT molecular complexity index is 641. The highest BCUT2D eigenvalue weighted by molar-refractivity contribution is 7.91. The number of rotatable bonds is 4. The summed E-state index contributed by atoms with van der Waals surface area (Å²) in [7, 11) is -2.93. The molecule has 0 bridgehead atoms. The Balaban J connectivity index is 1.55. The van der Waals surface area contributed by atoms with E-state index < -0.39 is 15.9 Å². The van der Waals surface area contributed by atoms with Gasteiger partial charge in [-0.3, -0.25) is 4.79 Å². The standard InChI is InChI=1S/C13H18N4O4S/c18-13(10-2-1-6-21-10)15-12-4-3-11(16-17-12)14-9-5-7-22(19,20)8-9/h3-4,9-10H,1-2,5-8H2,(H,14,16)(H,15,17,18). The van der Waals surface area contributed by atoms with E-state index in [2.05, 4.69) is 20.8 Å². The van der Waals surface area contributed by atoms with Crippen LogP contribution in [0.1, 0.15) is 19.3 Å². The number of carbonyl (C=O) groups is 1. The number of hydrogen-bond donors (Lipinski definition) is 2. The molecule has 9 heteroatoms. The van der Waals surface area contributed by atoms with Gasteiger partial charge in [-0.1, -0.05) is 0 Å². The zero-order valence-corrected chi connectivity index (χ0v) is 12.8. The Morgan fingerprint density at radius 2 is 2.00 bits per heavy atom. The molecule has 2 aliphatic rings. The fraction of sp³-hybridized carbons (Fsp3) is 0.615. The number of nitrogens with one attached hydrogen (secondary N) is 2. The minimum atomic E-state index is -2.93. The number of hydrogen-bond acceptors (Lipinski definition) is 7. The first-order valence-corrected chi connectivity index (χ1v) is 9.07. The van der Waals surface area contributed by atoms with Crippen molar-refractivity contribution in [2.24, 2.45) is 0 Å². The van der Waals surface area contributed by atoms with Crippen molar-refractivity contribution < 1.29 is 17.9 Å². The highest BCUT2D eigenvalue weighted by atomic mass is 32.2. The van der Waals surface area contributed by atoms with E-state index in [4.69, 9.17) is 4.74 Å². The van der Waals surface area contributed by atoms with Gasteiger partial charge in [0.2, 0.25) is 0 Å². The van der Waals surface area contributed by atoms with Crippen molar-refractivity contribution in [1.82, 2.24) is 10.2 Å². The quantitative estimate of drug-likeness (QED) is 0.813. The zero-order chi connectivity index (χ0) is 15.6. The van der Waals surface area contributed by atoms with Crippen LogP contribution < -0.4 is 10.6 Å². The monoisotopic (exact) mass is 326 g/mol. The highest BCUT2D eigenvalue weighted by Gasteiger charge is 2.28. The van der Waals surface area contributed by atoms with Crippen LogP contribution in [0.3, 0.4) is 0 Å². The average molecular weight is 326 g/mol. The van der Waals surface area contributed by atoms with Gasteiger partial charge in [-0.2, -0.15) is 0 Å². The maximum Gasteiger partial charge on any atom is 0.254 e. The molecular formula is C13H18N4O4S. The van der Waals surface area contributed by atoms with Crippen molar-refractivity contribution in [2.75, 3.05) is 28.7 Å². The van der Waals surface area contributed by atoms with E-state index in [1.165, 1.54) is 0 Å². The Labute approximate surface area is 128 Å². The van der Waals surface area contributed by atoms with Crippen LogP contribution in [0.5, 0.6) is 0 Å². The van der Waals surface area contributed by atoms with Gasteiger partial charge < -0.3 is 15.4 Å². The van der Waals surface area contributed by atoms with Crippen LogP contribution in [0.25, 0.3) is 0 Å². The normalized spacial score (nSPS) is 26.7. The first-order chi connectivity index (χ1) is 10.5. The molecule has 0 aromatic carbocycles. The second-order valence-electron chi connectivity index (χ2n) is 5.54. The van der Waals surface area contributed by atoms with E-state index in [1.54, 1.807) is 12.1 Å². The average Bonchev–Trinajstić information content (AvgIpc) is 3.11. The van der Waals surface area contributed by atoms with Crippen LogP contribution in [-0.4, -0.2) is 54.8 Å². The van der Waals surface area contributed by atoms with Crippen LogP contribution in [-0.2, 0) is 19.4 Å². The Morgan fingerprint density at radius 1 is 1.23 bits per heavy atom. The topological polar surface area (TPSA) is 110 Å². The number of aromatic nitrogens is 2. The lowest BCUT2D eigenvalue weighted by molar-refractivity contribution is -0.124. The highest BCUT2D eigenvalue weighted by Crippen LogP contribution is 2.17. The third-order valence-corrected chi connectivity index (χ3v) is 5.49. The smallest absolute Gasteiger partial charge is 0.254 e. The summed E-state index contributed by atoms with van der Waals surface area (Å²) in [6, 6.07) is 3.17. The molecule has 2 saturated heterocycles. The molecule has 1 aromatic heterocycles. The van der Waals surface area contributed by atoms with Gasteiger partial charge in [0, 0.05) is 12.6 Å². The fourth-order valence-electron chi connectivity index (χ4n) is 2.59. The molecule has 120 valence electrons. The van der Waals surface area contributed by atoms with Gasteiger partial charge in [0.25, 0.3) is 5.91 Å². The molecule has 2 fully saturated rings. The largest absolute Gasteiger partial charge is 0.368 e. The molecule has 2 aliphatic heterocycles. The number of anilines is 2. The van der Waals surface area contributed by atoms with Crippen LogP contribution >= 0.6 is 0 Å². The molecule has 2 unspecified atom stereocenters. The maximum absolute atomic E-state index is 11.9. The minimum Gasteiger partial charge on any atom is -0.368 e. The van der Waals surface area contributed by atoms with Gasteiger partial charge in [-0.25, -0.2) is 8.42 Å². The molecule has 1 aromatic rings. The summed E-state index contributed by atoms with van der Waals surface area (Å²) in [5.74, 6) is 0.955. The van der Waals surface area contributed by atoms with Gasteiger partial charge in [0.1, 0.15) is 11.9 Å². The molecule has 8 nitrogen and oxygen atoms in total. The van der Waals surface area contributed by atoms with Crippen LogP contribution in [0.4, 0.5) is 11.6 Å². The summed E-state index contributed by atoms with van der Waals surface area (Å²) in [6.45, 7) is 0.608. The van der Waals surface area contributed by atoms with Crippen molar-refractivity contribution in [2.45, 2.75) is 31.4 Å². The molecular weight excluding hydrogens is 308 g/mol. The summed E-state index contributed by atoms with van der Waals surface area (Å²) in [6.07, 6.45) is 1.76. The Morgan fingerprint density at radius 3 is 2.59 bits per heavy atom. The number of nitrogens with zero attached hydrogens (tertiary/aromatic N) is 2. The van der Waals surface area contributed by atoms with Crippen molar-refractivity contribution >= 4 is 27.4 Å². The van der Waals surface area contributed by atoms with Crippen molar-refractivity contribution in [1.29, 1.82) is 0 Å². The SMILES string of the molecule is O=C(Nc1ccc(NC2CCS(=O)(=O)C2)nn1)C1CCCO1. The molecule has 3 rings (SSSR count). The van der Waals surface area contributed by atoms with Crippen molar-refractivity contribution in [3.8, 4) is 0 Å². The van der Waals surface area contributed by atoms with E-state index in [0.29, 0.717) is 24.7 Å². The van der Waals surface area contributed by atoms with E-state index >= 15 is 0 Å². The predicted molar refractivity (Wildman–Crippen MR) is 80.3 cm³/mol. The number of sulfone groups is 1. The van der Waals surface area contributed by atoms with Gasteiger partial charge >= 0.3 is 0 Å². The third kappa shape index (κ3) is 3.72. The lowest BCUT2D eigenvalue weighted by atomic mass is 10.2. The molecule has 22 heavy (non-hydrogen) atoms. The maximum atomic E-state index is 11.9. The summed E-state index contributed by atoms with van der Waals surface area (Å²) in [5.41, 5.74) is 0. The Hall–Kier alpha value is -1.74. The van der Waals surface area contributed by atoms with E-state index in [-0.39, 0.29) is 23.5 Å². The van der Waals surface area contributed by atoms with E-state index in [9.17, 15) is 13.2 Å². The van der Waals surface area contributed by atoms with Crippen LogP contribution in [0.15, 0.2) is 12.1 Å². The van der Waals surface area contributed by atoms with Crippen LogP contribution in [0, 0.1) is 0 Å². The van der Waals surface area contributed by atoms with Gasteiger partial charge in [0.05, 0.1) is 11.5 Å². The lowest BCUT2D eigenvalue weighted by Crippen LogP contribution is -2.27. The lowest BCUT2D eigenvalue weighted by Gasteiger charge is -2.12. The molecule has 3 heterocycles. The van der Waals surface area contributed by atoms with Crippen molar-refractivity contribution in [3.63, 3.8) is 0 Å². The van der Waals surface area contributed by atoms with Crippen molar-refractivity contribution in [3.05, 3.63) is 12.1 Å². The summed E-state index contributed by atoms with van der Waals surface area (Å²) in [5, 5.41) is 13.6. The fourth-order valence-corrected chi connectivity index (χ4v) is 4.26. The third-order valence-electron chi connectivity index (χ3n) is 3.72. The second kappa shape index (κ2) is 6.17. The van der Waals surface area contributed by atoms with Gasteiger partial charge in [-0.15, -0.1) is 10.2 Å². The first-order valence-electron chi connectivity index (χ1n) is 7.25. The molecule has 2 atom stereocenters. The summed E-state index contributed by atoms with van der Waals surface area (Å²) >= 11 is 0. The molecule has 1 amide bonds. The Kier molecular flexibility index (Phi) is 4.25. The molecule has 0 aliphatic carbocycles. The predicted octanol–water partition coefficient (Wildman–Crippen LogP) is 0.193. The van der Waals surface area contributed by atoms with E-state index in [0.717, 1.165) is 12.8 Å². The van der Waals surface area contributed by atoms with E-state index in [1.807, 2.05) is 0 Å². The molecule has 0 saturated carbocycles. The van der Waals surface area contributed by atoms with Gasteiger partial charge in [0.15, 0.2) is 15.7 Å². The van der Waals surface area contributed by atoms with Gasteiger partial charge in [-0.05, 0) is 31.4 Å². The second-order valence-corrected chi connectivity index (χ2v) is 7.77. The number of carbonyl (C=O) groups excluding carboxylic acids is 1. The zero-order valence-electron chi connectivity index (χ0n) is 12.0. The number of ether oxygens (including phenoxy) is 1. The van der Waals surface area contributed by atoms with Crippen LogP contribution in [0.2, 0.25) is 0 Å². The number of amides is 1. The molecule has 2 N–H and O–H groups in total. The first kappa shape index (κ1) is 15.2. The molecule has 0 spiro atoms. The molecule has 0 radical (unpaired) electrons. The minimum absolute atomic E-state index is 0.117. The summed E-state index contributed by atoms with van der Waals surface area (Å²) < 4.78 is 28.1. The summed E-state index contributed by atoms with van der Waals surface area (Å²) in [4.78, 5) is 11.9.